The summed E-state index contributed by atoms with van der Waals surface area (Å²) < 4.78 is 0. The van der Waals surface area contributed by atoms with E-state index in [0.29, 0.717) is 0 Å². The molecule has 0 atom stereocenters. The fraction of sp³-hybridized carbons (Fsp3) is 0.389. The average molecular weight is 344 g/mol. The van der Waals surface area contributed by atoms with Crippen LogP contribution in [-0.4, -0.2) is 54.3 Å². The van der Waals surface area contributed by atoms with Crippen LogP contribution in [0, 0.1) is 0 Å². The molecule has 0 bridgehead atoms. The van der Waals surface area contributed by atoms with E-state index in [1.807, 2.05) is 43.5 Å². The number of hydrogen-bond donors (Lipinski definition) is 0. The van der Waals surface area contributed by atoms with Crippen LogP contribution < -0.4 is 0 Å². The van der Waals surface area contributed by atoms with Crippen molar-refractivity contribution < 1.29 is 4.79 Å². The van der Waals surface area contributed by atoms with Gasteiger partial charge in [-0.3, -0.25) is 4.79 Å². The van der Waals surface area contributed by atoms with Crippen LogP contribution in [0.4, 0.5) is 5.69 Å². The van der Waals surface area contributed by atoms with E-state index in [-0.39, 0.29) is 5.78 Å². The van der Waals surface area contributed by atoms with Gasteiger partial charge in [0.1, 0.15) is 11.7 Å². The molecule has 0 unspecified atom stereocenters. The van der Waals surface area contributed by atoms with Gasteiger partial charge in [0.05, 0.1) is 10.6 Å². The molecule has 0 aromatic carbocycles. The number of allylic oxidation sites excluding steroid dienone is 3. The highest BCUT2D eigenvalue weighted by atomic mass is 32.1. The molecular weight excluding hydrogens is 320 g/mol. The molecule has 5 nitrogen and oxygen atoms in total. The molecule has 0 aliphatic carbocycles. The van der Waals surface area contributed by atoms with E-state index in [0.717, 1.165) is 48.4 Å². The monoisotopic (exact) mass is 344 g/mol. The highest BCUT2D eigenvalue weighted by Crippen LogP contribution is 2.26. The lowest BCUT2D eigenvalue weighted by molar-refractivity contribution is 0.102. The van der Waals surface area contributed by atoms with Crippen molar-refractivity contribution >= 4 is 35.4 Å². The van der Waals surface area contributed by atoms with Gasteiger partial charge in [0, 0.05) is 33.1 Å². The first-order valence-corrected chi connectivity index (χ1v) is 8.88. The number of carbonyl (C=O) groups excluding carboxylic acids is 1. The van der Waals surface area contributed by atoms with Gasteiger partial charge < -0.3 is 9.80 Å². The Bertz CT molecular complexity index is 679. The first kappa shape index (κ1) is 18.1. The summed E-state index contributed by atoms with van der Waals surface area (Å²) >= 11 is 1.44. The van der Waals surface area contributed by atoms with Crippen molar-refractivity contribution in [3.05, 3.63) is 40.4 Å². The molecule has 0 radical (unpaired) electrons. The maximum atomic E-state index is 11.6. The number of Topliss-reactive ketones (excluding diaryl/α,β-unsaturated/α-hetero) is 1. The number of piperazine rings is 1. The molecule has 0 spiro atoms. The summed E-state index contributed by atoms with van der Waals surface area (Å²) in [6, 6.07) is 1.90. The summed E-state index contributed by atoms with van der Waals surface area (Å²) in [5.74, 6) is 1.91. The van der Waals surface area contributed by atoms with Crippen LogP contribution >= 0.6 is 11.3 Å². The summed E-state index contributed by atoms with van der Waals surface area (Å²) in [6.07, 6.45) is 5.93. The minimum atomic E-state index is 0.0668. The molecule has 128 valence electrons. The lowest BCUT2D eigenvalue weighted by atomic mass is 10.3. The van der Waals surface area contributed by atoms with Crippen LogP contribution in [0.3, 0.4) is 0 Å². The third-order valence-electron chi connectivity index (χ3n) is 3.91. The molecule has 1 aliphatic rings. The lowest BCUT2D eigenvalue weighted by Gasteiger charge is -2.36. The third-order valence-corrected chi connectivity index (χ3v) is 4.91. The number of nitrogens with zero attached hydrogens (tertiary/aromatic N) is 4. The molecule has 2 heterocycles. The second-order valence-electron chi connectivity index (χ2n) is 5.53. The van der Waals surface area contributed by atoms with E-state index in [1.54, 1.807) is 6.92 Å². The van der Waals surface area contributed by atoms with Gasteiger partial charge in [0.2, 0.25) is 0 Å². The largest absolute Gasteiger partial charge is 0.357 e. The fourth-order valence-electron chi connectivity index (χ4n) is 2.60. The zero-order valence-corrected chi connectivity index (χ0v) is 15.3. The molecule has 6 heteroatoms. The summed E-state index contributed by atoms with van der Waals surface area (Å²) in [6.45, 7) is 12.7. The van der Waals surface area contributed by atoms with Gasteiger partial charge in [-0.05, 0) is 38.1 Å². The Labute approximate surface area is 147 Å². The minimum absolute atomic E-state index is 0.0668. The van der Waals surface area contributed by atoms with E-state index < -0.39 is 0 Å². The highest BCUT2D eigenvalue weighted by Gasteiger charge is 2.19. The van der Waals surface area contributed by atoms with E-state index in [2.05, 4.69) is 26.5 Å². The van der Waals surface area contributed by atoms with Gasteiger partial charge in [0.15, 0.2) is 5.78 Å². The van der Waals surface area contributed by atoms with Gasteiger partial charge >= 0.3 is 0 Å². The second kappa shape index (κ2) is 8.59. The Hall–Kier alpha value is -2.21. The number of amidine groups is 1. The normalized spacial score (nSPS) is 16.8. The van der Waals surface area contributed by atoms with Crippen molar-refractivity contribution in [1.82, 2.24) is 9.80 Å². The molecule has 2 rings (SSSR count). The molecule has 1 fully saturated rings. The third kappa shape index (κ3) is 4.41. The van der Waals surface area contributed by atoms with Crippen molar-refractivity contribution in [1.29, 1.82) is 0 Å². The molecule has 0 saturated carbocycles. The van der Waals surface area contributed by atoms with Crippen LogP contribution in [0.15, 0.2) is 45.5 Å². The smallest absolute Gasteiger partial charge is 0.171 e. The topological polar surface area (TPSA) is 48.3 Å². The van der Waals surface area contributed by atoms with Crippen LogP contribution in [0.1, 0.15) is 30.4 Å². The minimum Gasteiger partial charge on any atom is -0.357 e. The molecule has 1 aromatic heterocycles. The Morgan fingerprint density at radius 2 is 1.92 bits per heavy atom. The van der Waals surface area contributed by atoms with Crippen molar-refractivity contribution in [2.45, 2.75) is 20.8 Å². The number of carbonyl (C=O) groups is 1. The van der Waals surface area contributed by atoms with Crippen LogP contribution in [-0.2, 0) is 0 Å². The first-order valence-electron chi connectivity index (χ1n) is 8.00. The van der Waals surface area contributed by atoms with Crippen molar-refractivity contribution in [2.75, 3.05) is 26.2 Å². The van der Waals surface area contributed by atoms with Gasteiger partial charge in [0.25, 0.3) is 0 Å². The average Bonchev–Trinajstić information content (AvgIpc) is 3.04. The summed E-state index contributed by atoms with van der Waals surface area (Å²) in [5.41, 5.74) is 0.772. The predicted octanol–water partition coefficient (Wildman–Crippen LogP) is 3.74. The summed E-state index contributed by atoms with van der Waals surface area (Å²) in [4.78, 5) is 25.6. The highest BCUT2D eigenvalue weighted by molar-refractivity contribution is 7.12. The van der Waals surface area contributed by atoms with Crippen LogP contribution in [0.2, 0.25) is 0 Å². The summed E-state index contributed by atoms with van der Waals surface area (Å²) in [7, 11) is 0. The molecule has 1 saturated heterocycles. The Morgan fingerprint density at radius 3 is 2.50 bits per heavy atom. The zero-order valence-electron chi connectivity index (χ0n) is 14.5. The molecule has 0 amide bonds. The molecule has 1 aliphatic heterocycles. The van der Waals surface area contributed by atoms with E-state index >= 15 is 0 Å². The summed E-state index contributed by atoms with van der Waals surface area (Å²) in [5, 5.41) is 1.91. The molecular formula is C18H24N4OS. The van der Waals surface area contributed by atoms with E-state index in [4.69, 9.17) is 0 Å². The number of ketones is 1. The van der Waals surface area contributed by atoms with E-state index in [1.165, 1.54) is 11.3 Å². The first-order chi connectivity index (χ1) is 11.6. The Morgan fingerprint density at radius 1 is 1.25 bits per heavy atom. The number of hydrogen-bond acceptors (Lipinski definition) is 5. The fourth-order valence-corrected chi connectivity index (χ4v) is 3.33. The van der Waals surface area contributed by atoms with Crippen LogP contribution in [0.5, 0.6) is 0 Å². The second-order valence-corrected chi connectivity index (χ2v) is 6.45. The maximum absolute atomic E-state index is 11.6. The van der Waals surface area contributed by atoms with Crippen molar-refractivity contribution in [3.8, 4) is 0 Å². The van der Waals surface area contributed by atoms with Gasteiger partial charge in [-0.15, -0.1) is 11.3 Å². The van der Waals surface area contributed by atoms with Crippen molar-refractivity contribution in [3.63, 3.8) is 0 Å². The quantitative estimate of drug-likeness (QED) is 0.354. The lowest BCUT2D eigenvalue weighted by Crippen LogP contribution is -2.47. The molecule has 0 N–H and O–H groups in total. The Kier molecular flexibility index (Phi) is 6.49. The number of aliphatic imine (C=N–C) groups is 2. The zero-order chi connectivity index (χ0) is 17.5. The molecule has 24 heavy (non-hydrogen) atoms. The van der Waals surface area contributed by atoms with Gasteiger partial charge in [-0.1, -0.05) is 12.2 Å². The SMILES string of the molecule is C=N/C(=C\C=C/C)N1CCN(/C(C)=N/c2ccsc2C(C)=O)CC1. The standard InChI is InChI=1S/C18H24N4OS/c1-5-6-7-17(19-4)22-11-9-21(10-12-22)15(3)20-16-8-13-24-18(16)14(2)23/h5-8,13H,4,9-12H2,1-3H3/b6-5-,17-7+,20-15+. The van der Waals surface area contributed by atoms with E-state index in [9.17, 15) is 4.79 Å². The van der Waals surface area contributed by atoms with Crippen molar-refractivity contribution in [2.24, 2.45) is 9.98 Å². The molecule has 1 aromatic rings. The van der Waals surface area contributed by atoms with Gasteiger partial charge in [-0.2, -0.15) is 0 Å². The number of rotatable bonds is 5. The Balaban J connectivity index is 2.03. The van der Waals surface area contributed by atoms with Crippen LogP contribution in [0.25, 0.3) is 0 Å². The maximum Gasteiger partial charge on any atom is 0.171 e. The van der Waals surface area contributed by atoms with Gasteiger partial charge in [-0.25, -0.2) is 9.98 Å². The predicted molar refractivity (Wildman–Crippen MR) is 103 cm³/mol. The number of thiophene rings is 1.